The molecule has 0 bridgehead atoms. The molecular weight excluding hydrogens is 628 g/mol. The zero-order valence-corrected chi connectivity index (χ0v) is 24.4. The highest BCUT2D eigenvalue weighted by molar-refractivity contribution is 7.98. The number of rotatable bonds is 4. The van der Waals surface area contributed by atoms with E-state index in [0.29, 0.717) is 11.3 Å². The minimum Gasteiger partial charge on any atom is -0.418 e. The first kappa shape index (κ1) is 31.0. The normalized spacial score (nSPS) is 18.8. The molecule has 8 nitrogen and oxygen atoms in total. The van der Waals surface area contributed by atoms with Crippen LogP contribution in [0.15, 0.2) is 52.2 Å². The molecule has 1 unspecified atom stereocenters. The Morgan fingerprint density at radius 1 is 1.09 bits per heavy atom. The van der Waals surface area contributed by atoms with Crippen LogP contribution in [-0.2, 0) is 27.9 Å². The van der Waals surface area contributed by atoms with E-state index >= 15 is 0 Å². The van der Waals surface area contributed by atoms with Crippen molar-refractivity contribution in [2.75, 3.05) is 18.7 Å². The number of carbonyl (C=O) groups excluding carboxylic acids is 2. The number of nitrogens with zero attached hydrogens (tertiary/aromatic N) is 2. The average molecular weight is 654 g/mol. The third-order valence-corrected chi connectivity index (χ3v) is 9.24. The van der Waals surface area contributed by atoms with Crippen LogP contribution in [0.2, 0.25) is 0 Å². The Hall–Kier alpha value is -3.98. The molecule has 1 fully saturated rings. The number of alkyl halides is 6. The smallest absolute Gasteiger partial charge is 0.416 e. The lowest BCUT2D eigenvalue weighted by atomic mass is 9.90. The van der Waals surface area contributed by atoms with Gasteiger partial charge in [0.2, 0.25) is 11.2 Å². The second-order valence-electron chi connectivity index (χ2n) is 10.8. The lowest BCUT2D eigenvalue weighted by molar-refractivity contribution is -0.172. The number of hydrogen-bond acceptors (Lipinski definition) is 7. The predicted molar refractivity (Wildman–Crippen MR) is 150 cm³/mol. The molecule has 3 aliphatic rings. The molecule has 0 saturated carbocycles. The van der Waals surface area contributed by atoms with Crippen molar-refractivity contribution in [3.63, 3.8) is 0 Å². The Balaban J connectivity index is 1.56. The summed E-state index contributed by atoms with van der Waals surface area (Å²) in [5, 5.41) is 0. The first-order valence-electron chi connectivity index (χ1n) is 13.9. The number of nitrogens with one attached hydrogen (secondary N) is 1. The first-order valence-corrected chi connectivity index (χ1v) is 14.9. The van der Waals surface area contributed by atoms with Crippen LogP contribution in [-0.4, -0.2) is 53.1 Å². The third kappa shape index (κ3) is 5.67. The molecule has 4 heterocycles. The maximum atomic E-state index is 14.2. The fraction of sp³-hybridized carbons (Fsp3) is 0.367. The summed E-state index contributed by atoms with van der Waals surface area (Å²) in [7, 11) is 0. The summed E-state index contributed by atoms with van der Waals surface area (Å²) < 4.78 is 95.4. The lowest BCUT2D eigenvalue weighted by Crippen LogP contribution is -2.55. The van der Waals surface area contributed by atoms with E-state index in [0.717, 1.165) is 34.2 Å². The van der Waals surface area contributed by atoms with Gasteiger partial charge in [-0.3, -0.25) is 9.59 Å². The summed E-state index contributed by atoms with van der Waals surface area (Å²) in [5.41, 5.74) is 1.15. The van der Waals surface area contributed by atoms with Crippen molar-refractivity contribution in [2.45, 2.75) is 61.3 Å². The van der Waals surface area contributed by atoms with Crippen LogP contribution in [0.3, 0.4) is 0 Å². The van der Waals surface area contributed by atoms with Gasteiger partial charge >= 0.3 is 18.3 Å². The van der Waals surface area contributed by atoms with Gasteiger partial charge in [0, 0.05) is 28.9 Å². The van der Waals surface area contributed by atoms with Gasteiger partial charge < -0.3 is 19.8 Å². The van der Waals surface area contributed by atoms with E-state index < -0.39 is 65.5 Å². The monoisotopic (exact) mass is 653 g/mol. The topological polar surface area (TPSA) is 89.9 Å². The van der Waals surface area contributed by atoms with Gasteiger partial charge in [0.1, 0.15) is 12.7 Å². The van der Waals surface area contributed by atoms with Crippen LogP contribution in [0.1, 0.15) is 52.5 Å². The molecular formula is C30H25F6N3O5S. The third-order valence-electron chi connectivity index (χ3n) is 8.09. The molecule has 6 rings (SSSR count). The van der Waals surface area contributed by atoms with Crippen molar-refractivity contribution in [1.29, 1.82) is 0 Å². The lowest BCUT2D eigenvalue weighted by Gasteiger charge is -2.37. The predicted octanol–water partition coefficient (Wildman–Crippen LogP) is 5.72. The number of pyridine rings is 1. The Labute approximate surface area is 256 Å². The average Bonchev–Trinajstić information content (AvgIpc) is 3.45. The van der Waals surface area contributed by atoms with Gasteiger partial charge in [-0.25, -0.2) is 9.47 Å². The molecule has 2 atom stereocenters. The van der Waals surface area contributed by atoms with Gasteiger partial charge in [0.25, 0.3) is 5.91 Å². The minimum absolute atomic E-state index is 0.0219. The van der Waals surface area contributed by atoms with Crippen LogP contribution in [0, 0.1) is 0 Å². The van der Waals surface area contributed by atoms with Gasteiger partial charge in [0.15, 0.2) is 11.8 Å². The zero-order chi connectivity index (χ0) is 32.3. The minimum atomic E-state index is -4.83. The van der Waals surface area contributed by atoms with Crippen LogP contribution in [0.5, 0.6) is 5.75 Å². The summed E-state index contributed by atoms with van der Waals surface area (Å²) in [4.78, 5) is 41.3. The van der Waals surface area contributed by atoms with E-state index in [4.69, 9.17) is 9.47 Å². The van der Waals surface area contributed by atoms with Crippen LogP contribution in [0.4, 0.5) is 26.3 Å². The van der Waals surface area contributed by atoms with E-state index in [1.165, 1.54) is 17.8 Å². The number of benzene rings is 2. The molecule has 238 valence electrons. The largest absolute Gasteiger partial charge is 0.418 e. The van der Waals surface area contributed by atoms with Gasteiger partial charge in [0.05, 0.1) is 11.3 Å². The standard InChI is InChI=1S/C30H25F6N3O5S/c1-15(29(31,32)33)38-14-37-39-21(12-22(40)26(25(39)27(38)41)44-28(42)23-6-4-10-43-23)17-8-9-20(30(34,35)36)19-13-45-24-7-3-2-5-16(24)11-18(17)19/h2-3,5,7-9,12,15,23,37H,4,6,10-11,13-14H2,1H3/t15?,23-/m0/s1. The molecule has 2 aromatic carbocycles. The molecule has 1 amide bonds. The highest BCUT2D eigenvalue weighted by Crippen LogP contribution is 2.44. The fourth-order valence-corrected chi connectivity index (χ4v) is 6.85. The molecule has 0 aliphatic carbocycles. The fourth-order valence-electron chi connectivity index (χ4n) is 5.72. The van der Waals surface area contributed by atoms with Crippen molar-refractivity contribution < 1.29 is 45.4 Å². The first-order chi connectivity index (χ1) is 21.3. The Kier molecular flexibility index (Phi) is 7.88. The van der Waals surface area contributed by atoms with Crippen molar-refractivity contribution in [3.8, 4) is 17.0 Å². The Morgan fingerprint density at radius 3 is 2.53 bits per heavy atom. The van der Waals surface area contributed by atoms with Crippen LogP contribution in [0.25, 0.3) is 11.3 Å². The number of fused-ring (bicyclic) bond motifs is 3. The second kappa shape index (κ2) is 11.4. The number of thioether (sulfide) groups is 1. The maximum Gasteiger partial charge on any atom is 0.416 e. The number of halogens is 6. The van der Waals surface area contributed by atoms with Crippen LogP contribution < -0.4 is 15.6 Å². The van der Waals surface area contributed by atoms with Crippen molar-refractivity contribution >= 4 is 23.6 Å². The summed E-state index contributed by atoms with van der Waals surface area (Å²) >= 11 is 1.22. The van der Waals surface area contributed by atoms with Crippen LogP contribution >= 0.6 is 11.8 Å². The zero-order valence-electron chi connectivity index (χ0n) is 23.6. The number of aromatic nitrogens is 1. The Morgan fingerprint density at radius 2 is 1.84 bits per heavy atom. The quantitative estimate of drug-likeness (QED) is 0.285. The summed E-state index contributed by atoms with van der Waals surface area (Å²) in [6, 6.07) is 7.85. The SMILES string of the molecule is CC(N1CNn2c(-c3ccc(C(F)(F)F)c4c3Cc3ccccc3SC4)cc(=O)c(OC(=O)[C@@H]3CCCO3)c2C1=O)C(F)(F)F. The van der Waals surface area contributed by atoms with Crippen molar-refractivity contribution in [3.05, 3.63) is 80.6 Å². The van der Waals surface area contributed by atoms with E-state index in [2.05, 4.69) is 5.43 Å². The van der Waals surface area contributed by atoms with Gasteiger partial charge in [-0.1, -0.05) is 24.3 Å². The Bertz CT molecular complexity index is 1750. The molecule has 3 aromatic rings. The summed E-state index contributed by atoms with van der Waals surface area (Å²) in [6.07, 6.45) is -9.71. The molecule has 1 saturated heterocycles. The van der Waals surface area contributed by atoms with E-state index in [9.17, 15) is 40.7 Å². The molecule has 3 aliphatic heterocycles. The van der Waals surface area contributed by atoms with Gasteiger partial charge in [-0.2, -0.15) is 26.3 Å². The second-order valence-corrected chi connectivity index (χ2v) is 11.8. The molecule has 0 spiro atoms. The number of esters is 1. The van der Waals surface area contributed by atoms with E-state index in [-0.39, 0.29) is 47.6 Å². The molecule has 1 N–H and O–H groups in total. The number of amides is 1. The van der Waals surface area contributed by atoms with Crippen molar-refractivity contribution in [2.24, 2.45) is 0 Å². The highest BCUT2D eigenvalue weighted by atomic mass is 32.2. The number of ether oxygens (including phenoxy) is 2. The number of carbonyl (C=O) groups is 2. The van der Waals surface area contributed by atoms with Gasteiger partial charge in [-0.05, 0) is 55.0 Å². The summed E-state index contributed by atoms with van der Waals surface area (Å²) in [5.74, 6) is -3.11. The summed E-state index contributed by atoms with van der Waals surface area (Å²) in [6.45, 7) is 0.358. The molecule has 15 heteroatoms. The molecule has 45 heavy (non-hydrogen) atoms. The van der Waals surface area contributed by atoms with E-state index in [1.807, 2.05) is 0 Å². The maximum absolute atomic E-state index is 14.2. The highest BCUT2D eigenvalue weighted by Gasteiger charge is 2.46. The van der Waals surface area contributed by atoms with E-state index in [1.54, 1.807) is 24.3 Å². The molecule has 0 radical (unpaired) electrons. The molecule has 1 aromatic heterocycles. The van der Waals surface area contributed by atoms with Gasteiger partial charge in [-0.15, -0.1) is 11.8 Å². The number of hydrogen-bond donors (Lipinski definition) is 1. The van der Waals surface area contributed by atoms with Crippen molar-refractivity contribution in [1.82, 2.24) is 9.58 Å².